The molecule has 0 aromatic carbocycles. The molecule has 0 amide bonds. The molecule has 0 aromatic heterocycles. The first kappa shape index (κ1) is 7.69. The molecule has 10 heavy (non-hydrogen) atoms. The van der Waals surface area contributed by atoms with Gasteiger partial charge in [-0.25, -0.2) is 0 Å². The van der Waals surface area contributed by atoms with Gasteiger partial charge in [-0.15, -0.1) is 0 Å². The van der Waals surface area contributed by atoms with E-state index in [2.05, 4.69) is 5.32 Å². The number of aliphatic hydroxyl groups is 1. The predicted octanol–water partition coefficient (Wildman–Crippen LogP) is -0.453. The van der Waals surface area contributed by atoms with Crippen molar-refractivity contribution in [1.29, 1.82) is 0 Å². The summed E-state index contributed by atoms with van der Waals surface area (Å²) in [7, 11) is 0. The summed E-state index contributed by atoms with van der Waals surface area (Å²) in [4.78, 5) is 10.9. The molecule has 0 aromatic rings. The Hall–Kier alpha value is -0.410. The fourth-order valence-electron chi connectivity index (χ4n) is 1.26. The molecule has 1 atom stereocenters. The van der Waals surface area contributed by atoms with Crippen LogP contribution in [0.3, 0.4) is 0 Å². The summed E-state index contributed by atoms with van der Waals surface area (Å²) >= 11 is 0. The first-order valence-corrected chi connectivity index (χ1v) is 3.69. The van der Waals surface area contributed by atoms with Crippen molar-refractivity contribution in [3.8, 4) is 0 Å². The molecule has 1 aliphatic rings. The molecule has 0 bridgehead atoms. The molecule has 1 saturated heterocycles. The van der Waals surface area contributed by atoms with Crippen molar-refractivity contribution in [3.05, 3.63) is 0 Å². The van der Waals surface area contributed by atoms with E-state index in [9.17, 15) is 4.79 Å². The van der Waals surface area contributed by atoms with Gasteiger partial charge in [0.05, 0.1) is 0 Å². The predicted molar refractivity (Wildman–Crippen MR) is 37.7 cm³/mol. The van der Waals surface area contributed by atoms with Gasteiger partial charge in [0.15, 0.2) is 5.78 Å². The Balaban J connectivity index is 2.31. The summed E-state index contributed by atoms with van der Waals surface area (Å²) in [6.45, 7) is 1.46. The van der Waals surface area contributed by atoms with Crippen LogP contribution in [0.4, 0.5) is 0 Å². The highest BCUT2D eigenvalue weighted by molar-refractivity contribution is 5.82. The van der Waals surface area contributed by atoms with Crippen molar-refractivity contribution < 1.29 is 9.90 Å². The molecule has 0 aliphatic carbocycles. The molecule has 1 heterocycles. The summed E-state index contributed by atoms with van der Waals surface area (Å²) in [5.41, 5.74) is 0. The zero-order valence-electron chi connectivity index (χ0n) is 5.97. The lowest BCUT2D eigenvalue weighted by Gasteiger charge is -2.20. The maximum atomic E-state index is 10.9. The van der Waals surface area contributed by atoms with Crippen LogP contribution in [0.5, 0.6) is 0 Å². The minimum atomic E-state index is -0.299. The molecule has 3 nitrogen and oxygen atoms in total. The number of hydrogen-bond acceptors (Lipinski definition) is 3. The minimum absolute atomic E-state index is 0.0211. The Morgan fingerprint density at radius 1 is 1.70 bits per heavy atom. The third-order valence-electron chi connectivity index (χ3n) is 1.91. The number of nitrogens with one attached hydrogen (secondary N) is 1. The van der Waals surface area contributed by atoms with Gasteiger partial charge in [-0.05, 0) is 19.4 Å². The fraction of sp³-hybridized carbons (Fsp3) is 0.857. The van der Waals surface area contributed by atoms with Crippen molar-refractivity contribution in [3.63, 3.8) is 0 Å². The molecule has 1 aliphatic heterocycles. The SMILES string of the molecule is O=C(CO)C1CCCNC1. The fourth-order valence-corrected chi connectivity index (χ4v) is 1.26. The minimum Gasteiger partial charge on any atom is -0.389 e. The first-order chi connectivity index (χ1) is 4.84. The van der Waals surface area contributed by atoms with E-state index >= 15 is 0 Å². The average molecular weight is 143 g/mol. The Bertz CT molecular complexity index is 119. The van der Waals surface area contributed by atoms with E-state index < -0.39 is 0 Å². The molecule has 1 fully saturated rings. The quantitative estimate of drug-likeness (QED) is 0.550. The summed E-state index contributed by atoms with van der Waals surface area (Å²) in [6, 6.07) is 0. The van der Waals surface area contributed by atoms with E-state index in [1.807, 2.05) is 0 Å². The summed E-state index contributed by atoms with van der Waals surface area (Å²) in [6.07, 6.45) is 1.99. The molecular formula is C7H13NO2. The Kier molecular flexibility index (Phi) is 2.83. The second-order valence-corrected chi connectivity index (χ2v) is 2.67. The van der Waals surface area contributed by atoms with Gasteiger partial charge in [0.25, 0.3) is 0 Å². The van der Waals surface area contributed by atoms with Crippen LogP contribution in [0.25, 0.3) is 0 Å². The molecule has 0 radical (unpaired) electrons. The van der Waals surface area contributed by atoms with Crippen molar-refractivity contribution in [1.82, 2.24) is 5.32 Å². The molecule has 1 unspecified atom stereocenters. The highest BCUT2D eigenvalue weighted by Gasteiger charge is 2.19. The Morgan fingerprint density at radius 2 is 2.50 bits per heavy atom. The smallest absolute Gasteiger partial charge is 0.162 e. The van der Waals surface area contributed by atoms with Crippen molar-refractivity contribution in [2.75, 3.05) is 19.7 Å². The lowest BCUT2D eigenvalue weighted by atomic mass is 9.96. The van der Waals surface area contributed by atoms with Gasteiger partial charge in [-0.3, -0.25) is 4.79 Å². The van der Waals surface area contributed by atoms with E-state index in [0.717, 1.165) is 25.9 Å². The summed E-state index contributed by atoms with van der Waals surface area (Å²) in [5, 5.41) is 11.6. The number of ketones is 1. The van der Waals surface area contributed by atoms with Gasteiger partial charge < -0.3 is 10.4 Å². The van der Waals surface area contributed by atoms with Gasteiger partial charge in [0.2, 0.25) is 0 Å². The Labute approximate surface area is 60.4 Å². The van der Waals surface area contributed by atoms with Gasteiger partial charge >= 0.3 is 0 Å². The van der Waals surface area contributed by atoms with Crippen molar-refractivity contribution in [2.24, 2.45) is 5.92 Å². The zero-order chi connectivity index (χ0) is 7.40. The largest absolute Gasteiger partial charge is 0.389 e. The molecule has 0 spiro atoms. The molecular weight excluding hydrogens is 130 g/mol. The molecule has 0 saturated carbocycles. The van der Waals surface area contributed by atoms with Crippen LogP contribution in [0, 0.1) is 5.92 Å². The second-order valence-electron chi connectivity index (χ2n) is 2.67. The van der Waals surface area contributed by atoms with Crippen molar-refractivity contribution >= 4 is 5.78 Å². The molecule has 58 valence electrons. The van der Waals surface area contributed by atoms with Crippen LogP contribution < -0.4 is 5.32 Å². The zero-order valence-corrected chi connectivity index (χ0v) is 5.97. The van der Waals surface area contributed by atoms with Gasteiger partial charge in [0.1, 0.15) is 6.61 Å². The number of rotatable bonds is 2. The third kappa shape index (κ3) is 1.78. The van der Waals surface area contributed by atoms with Crippen LogP contribution in [-0.4, -0.2) is 30.6 Å². The first-order valence-electron chi connectivity index (χ1n) is 3.69. The maximum Gasteiger partial charge on any atom is 0.162 e. The lowest BCUT2D eigenvalue weighted by Crippen LogP contribution is -2.35. The third-order valence-corrected chi connectivity index (χ3v) is 1.91. The van der Waals surface area contributed by atoms with Crippen LogP contribution in [-0.2, 0) is 4.79 Å². The number of carbonyl (C=O) groups excluding carboxylic acids is 1. The lowest BCUT2D eigenvalue weighted by molar-refractivity contribution is -0.126. The van der Waals surface area contributed by atoms with E-state index in [0.29, 0.717) is 0 Å². The number of Topliss-reactive ketones (excluding diaryl/α,β-unsaturated/α-hetero) is 1. The van der Waals surface area contributed by atoms with Gasteiger partial charge in [-0.2, -0.15) is 0 Å². The van der Waals surface area contributed by atoms with E-state index in [1.165, 1.54) is 0 Å². The van der Waals surface area contributed by atoms with E-state index in [1.54, 1.807) is 0 Å². The van der Waals surface area contributed by atoms with Gasteiger partial charge in [-0.1, -0.05) is 0 Å². The maximum absolute atomic E-state index is 10.9. The van der Waals surface area contributed by atoms with E-state index in [4.69, 9.17) is 5.11 Å². The van der Waals surface area contributed by atoms with Crippen molar-refractivity contribution in [2.45, 2.75) is 12.8 Å². The summed E-state index contributed by atoms with van der Waals surface area (Å²) < 4.78 is 0. The van der Waals surface area contributed by atoms with Gasteiger partial charge in [0, 0.05) is 12.5 Å². The topological polar surface area (TPSA) is 49.3 Å². The van der Waals surface area contributed by atoms with Crippen LogP contribution in [0.1, 0.15) is 12.8 Å². The molecule has 1 rings (SSSR count). The summed E-state index contributed by atoms with van der Waals surface area (Å²) in [5.74, 6) is 0.0472. The van der Waals surface area contributed by atoms with Crippen LogP contribution in [0.2, 0.25) is 0 Å². The Morgan fingerprint density at radius 3 is 3.00 bits per heavy atom. The van der Waals surface area contributed by atoms with E-state index in [-0.39, 0.29) is 18.3 Å². The number of carbonyl (C=O) groups is 1. The number of hydrogen-bond donors (Lipinski definition) is 2. The highest BCUT2D eigenvalue weighted by atomic mass is 16.3. The number of piperidine rings is 1. The van der Waals surface area contributed by atoms with Crippen LogP contribution in [0.15, 0.2) is 0 Å². The number of aliphatic hydroxyl groups excluding tert-OH is 1. The normalized spacial score (nSPS) is 26.3. The monoisotopic (exact) mass is 143 g/mol. The van der Waals surface area contributed by atoms with Crippen LogP contribution >= 0.6 is 0 Å². The molecule has 2 N–H and O–H groups in total. The second kappa shape index (κ2) is 3.68. The standard InChI is InChI=1S/C7H13NO2/c9-5-7(10)6-2-1-3-8-4-6/h6,8-9H,1-5H2. The average Bonchev–Trinajstić information content (AvgIpc) is 2.05. The highest BCUT2D eigenvalue weighted by Crippen LogP contribution is 2.09. The molecule has 3 heteroatoms.